The molecule has 1 aliphatic carbocycles. The van der Waals surface area contributed by atoms with Gasteiger partial charge >= 0.3 is 0 Å². The molecule has 0 unspecified atom stereocenters. The Balaban J connectivity index is 0.00000112. The van der Waals surface area contributed by atoms with Crippen molar-refractivity contribution in [2.24, 2.45) is 5.73 Å². The summed E-state index contributed by atoms with van der Waals surface area (Å²) in [6.45, 7) is 2.04. The van der Waals surface area contributed by atoms with Crippen LogP contribution in [0.3, 0.4) is 0 Å². The van der Waals surface area contributed by atoms with Crippen LogP contribution in [0.15, 0.2) is 5.38 Å². The molecule has 2 nitrogen and oxygen atoms in total. The molecule has 0 atom stereocenters. The molecule has 2 N–H and O–H groups in total. The first-order valence-electron chi connectivity index (χ1n) is 5.42. The second-order valence-electron chi connectivity index (χ2n) is 4.36. The van der Waals surface area contributed by atoms with Crippen molar-refractivity contribution in [1.82, 2.24) is 4.98 Å². The number of halogens is 1. The predicted molar refractivity (Wildman–Crippen MR) is 67.7 cm³/mol. The fourth-order valence-corrected chi connectivity index (χ4v) is 3.13. The lowest BCUT2D eigenvalue weighted by Gasteiger charge is -2.25. The number of nitrogens with two attached hydrogens (primary N) is 1. The van der Waals surface area contributed by atoms with Gasteiger partial charge < -0.3 is 5.73 Å². The summed E-state index contributed by atoms with van der Waals surface area (Å²) >= 11 is 1.73. The summed E-state index contributed by atoms with van der Waals surface area (Å²) in [7, 11) is 0. The van der Waals surface area contributed by atoms with Gasteiger partial charge in [0.1, 0.15) is 5.01 Å². The number of hydrogen-bond acceptors (Lipinski definition) is 3. The summed E-state index contributed by atoms with van der Waals surface area (Å²) in [5, 5.41) is 3.26. The van der Waals surface area contributed by atoms with Crippen LogP contribution in [0.5, 0.6) is 0 Å². The van der Waals surface area contributed by atoms with Crippen molar-refractivity contribution in [3.8, 4) is 0 Å². The minimum absolute atomic E-state index is 0. The van der Waals surface area contributed by atoms with Gasteiger partial charge in [-0.25, -0.2) is 4.98 Å². The smallest absolute Gasteiger partial charge is 0.113 e. The molecule has 4 heteroatoms. The maximum absolute atomic E-state index is 6.44. The molecule has 0 saturated heterocycles. The summed E-state index contributed by atoms with van der Waals surface area (Å²) in [5.41, 5.74) is 7.44. The Morgan fingerprint density at radius 2 is 1.87 bits per heavy atom. The van der Waals surface area contributed by atoms with E-state index < -0.39 is 0 Å². The molecular formula is C11H19ClN2S. The first-order valence-corrected chi connectivity index (χ1v) is 6.30. The molecule has 1 aromatic heterocycles. The van der Waals surface area contributed by atoms with E-state index in [9.17, 15) is 0 Å². The number of aromatic nitrogens is 1. The Bertz CT molecular complexity index is 303. The van der Waals surface area contributed by atoms with E-state index in [0.717, 1.165) is 23.5 Å². The highest BCUT2D eigenvalue weighted by atomic mass is 35.5. The summed E-state index contributed by atoms with van der Waals surface area (Å²) in [4.78, 5) is 4.54. The maximum atomic E-state index is 6.44. The van der Waals surface area contributed by atoms with Gasteiger partial charge in [-0.15, -0.1) is 23.7 Å². The number of hydrogen-bond donors (Lipinski definition) is 1. The number of aryl methyl sites for hydroxylation is 1. The van der Waals surface area contributed by atoms with Crippen molar-refractivity contribution in [2.75, 3.05) is 0 Å². The van der Waals surface area contributed by atoms with Crippen molar-refractivity contribution in [2.45, 2.75) is 51.0 Å². The lowest BCUT2D eigenvalue weighted by atomic mass is 9.92. The molecule has 2 rings (SSSR count). The standard InChI is InChI=1S/C11H18N2S.ClH/c1-9-8-14-10(13-9)11(12)6-4-2-3-5-7-11;/h8H,2-7,12H2,1H3;1H. The van der Waals surface area contributed by atoms with Crippen molar-refractivity contribution < 1.29 is 0 Å². The Morgan fingerprint density at radius 1 is 1.27 bits per heavy atom. The molecule has 0 aromatic carbocycles. The summed E-state index contributed by atoms with van der Waals surface area (Å²) in [5.74, 6) is 0. The lowest BCUT2D eigenvalue weighted by Crippen LogP contribution is -2.35. The molecule has 1 aromatic rings. The van der Waals surface area contributed by atoms with E-state index in [1.807, 2.05) is 6.92 Å². The Hall–Kier alpha value is -0.120. The fraction of sp³-hybridized carbons (Fsp3) is 0.727. The van der Waals surface area contributed by atoms with Crippen LogP contribution in [0.2, 0.25) is 0 Å². The van der Waals surface area contributed by atoms with Gasteiger partial charge in [-0.1, -0.05) is 25.7 Å². The summed E-state index contributed by atoms with van der Waals surface area (Å²) < 4.78 is 0. The quantitative estimate of drug-likeness (QED) is 0.772. The Labute approximate surface area is 102 Å². The molecule has 0 aliphatic heterocycles. The molecule has 1 heterocycles. The normalized spacial score (nSPS) is 20.4. The number of nitrogens with zero attached hydrogens (tertiary/aromatic N) is 1. The van der Waals surface area contributed by atoms with Gasteiger partial charge in [0.05, 0.1) is 5.54 Å². The Kier molecular flexibility index (Phi) is 4.56. The minimum Gasteiger partial charge on any atom is -0.319 e. The van der Waals surface area contributed by atoms with Gasteiger partial charge in [0.2, 0.25) is 0 Å². The van der Waals surface area contributed by atoms with Gasteiger partial charge in [0, 0.05) is 11.1 Å². The molecule has 0 radical (unpaired) electrons. The zero-order chi connectivity index (χ0) is 10.0. The minimum atomic E-state index is -0.116. The summed E-state index contributed by atoms with van der Waals surface area (Å²) in [6, 6.07) is 0. The number of thiazole rings is 1. The SMILES string of the molecule is Cc1csc(C2(N)CCCCCC2)n1.Cl. The zero-order valence-corrected chi connectivity index (χ0v) is 10.8. The van der Waals surface area contributed by atoms with Crippen molar-refractivity contribution in [1.29, 1.82) is 0 Å². The van der Waals surface area contributed by atoms with Crippen LogP contribution in [-0.4, -0.2) is 4.98 Å². The average Bonchev–Trinajstić information content (AvgIpc) is 2.47. The van der Waals surface area contributed by atoms with E-state index in [4.69, 9.17) is 5.73 Å². The molecule has 1 fully saturated rings. The van der Waals surface area contributed by atoms with E-state index in [2.05, 4.69) is 10.4 Å². The van der Waals surface area contributed by atoms with Gasteiger partial charge in [0.15, 0.2) is 0 Å². The molecule has 0 amide bonds. The fourth-order valence-electron chi connectivity index (χ4n) is 2.16. The molecule has 1 aliphatic rings. The molecule has 0 bridgehead atoms. The third-order valence-electron chi connectivity index (χ3n) is 3.04. The van der Waals surface area contributed by atoms with Gasteiger partial charge in [-0.2, -0.15) is 0 Å². The van der Waals surface area contributed by atoms with Crippen LogP contribution in [0.25, 0.3) is 0 Å². The van der Waals surface area contributed by atoms with Crippen LogP contribution in [0.4, 0.5) is 0 Å². The van der Waals surface area contributed by atoms with Crippen LogP contribution in [0, 0.1) is 6.92 Å². The first-order chi connectivity index (χ1) is 6.71. The van der Waals surface area contributed by atoms with Gasteiger partial charge in [-0.05, 0) is 19.8 Å². The second-order valence-corrected chi connectivity index (χ2v) is 5.22. The van der Waals surface area contributed by atoms with Crippen molar-refractivity contribution in [3.05, 3.63) is 16.1 Å². The van der Waals surface area contributed by atoms with E-state index in [1.165, 1.54) is 25.7 Å². The van der Waals surface area contributed by atoms with Crippen LogP contribution >= 0.6 is 23.7 Å². The summed E-state index contributed by atoms with van der Waals surface area (Å²) in [6.07, 6.45) is 7.41. The second kappa shape index (κ2) is 5.28. The molecule has 15 heavy (non-hydrogen) atoms. The van der Waals surface area contributed by atoms with E-state index in [-0.39, 0.29) is 17.9 Å². The first kappa shape index (κ1) is 12.9. The highest BCUT2D eigenvalue weighted by molar-refractivity contribution is 7.09. The molecule has 0 spiro atoms. The van der Waals surface area contributed by atoms with Crippen LogP contribution < -0.4 is 5.73 Å². The van der Waals surface area contributed by atoms with Gasteiger partial charge in [0.25, 0.3) is 0 Å². The van der Waals surface area contributed by atoms with E-state index in [0.29, 0.717) is 0 Å². The highest BCUT2D eigenvalue weighted by Crippen LogP contribution is 2.35. The monoisotopic (exact) mass is 246 g/mol. The highest BCUT2D eigenvalue weighted by Gasteiger charge is 2.30. The van der Waals surface area contributed by atoms with Crippen LogP contribution in [0.1, 0.15) is 49.2 Å². The molecule has 1 saturated carbocycles. The topological polar surface area (TPSA) is 38.9 Å². The third-order valence-corrected chi connectivity index (χ3v) is 4.22. The van der Waals surface area contributed by atoms with Crippen molar-refractivity contribution >= 4 is 23.7 Å². The zero-order valence-electron chi connectivity index (χ0n) is 9.16. The number of rotatable bonds is 1. The van der Waals surface area contributed by atoms with E-state index in [1.54, 1.807) is 11.3 Å². The third kappa shape index (κ3) is 2.92. The average molecular weight is 247 g/mol. The van der Waals surface area contributed by atoms with Crippen LogP contribution in [-0.2, 0) is 5.54 Å². The van der Waals surface area contributed by atoms with Gasteiger partial charge in [-0.3, -0.25) is 0 Å². The largest absolute Gasteiger partial charge is 0.319 e. The lowest BCUT2D eigenvalue weighted by molar-refractivity contribution is 0.383. The molecule has 86 valence electrons. The van der Waals surface area contributed by atoms with Crippen molar-refractivity contribution in [3.63, 3.8) is 0 Å². The van der Waals surface area contributed by atoms with E-state index >= 15 is 0 Å². The Morgan fingerprint density at radius 3 is 2.33 bits per heavy atom. The predicted octanol–water partition coefficient (Wildman–Crippen LogP) is 3.38. The molecular weight excluding hydrogens is 228 g/mol. The maximum Gasteiger partial charge on any atom is 0.113 e.